The van der Waals surface area contributed by atoms with Crippen molar-refractivity contribution in [3.05, 3.63) is 57.1 Å². The van der Waals surface area contributed by atoms with E-state index >= 15 is 0 Å². The first-order valence-electron chi connectivity index (χ1n) is 8.33. The van der Waals surface area contributed by atoms with Gasteiger partial charge in [-0.3, -0.25) is 4.79 Å². The number of hydrogen-bond acceptors (Lipinski definition) is 4. The summed E-state index contributed by atoms with van der Waals surface area (Å²) in [6, 6.07) is 9.43. The Hall–Kier alpha value is -2.24. The molecule has 0 unspecified atom stereocenters. The monoisotopic (exact) mass is 407 g/mol. The first-order chi connectivity index (χ1) is 12.6. The van der Waals surface area contributed by atoms with E-state index < -0.39 is 18.0 Å². The second-order valence-electron chi connectivity index (χ2n) is 7.00. The summed E-state index contributed by atoms with van der Waals surface area (Å²) in [4.78, 5) is 25.9. The standard InChI is InChI=1S/C20H19Cl2NO4/c1-20(12-4-6-13(7-5-12)23(2)3)9-11-8-14(27-10-15(24)25)17(21)18(22)16(11)19(20)26/h4-8H,9-10H2,1-3H3,(H,24,25)/t20-/m1/s1. The average Bonchev–Trinajstić information content (AvgIpc) is 2.88. The number of benzene rings is 2. The van der Waals surface area contributed by atoms with Gasteiger partial charge in [0.05, 0.1) is 10.4 Å². The van der Waals surface area contributed by atoms with Gasteiger partial charge in [0.15, 0.2) is 12.4 Å². The molecule has 1 N–H and O–H groups in total. The molecule has 27 heavy (non-hydrogen) atoms. The van der Waals surface area contributed by atoms with Gasteiger partial charge in [0.1, 0.15) is 10.8 Å². The molecule has 0 heterocycles. The van der Waals surface area contributed by atoms with Crippen molar-refractivity contribution >= 4 is 40.6 Å². The summed E-state index contributed by atoms with van der Waals surface area (Å²) in [7, 11) is 3.90. The van der Waals surface area contributed by atoms with Crippen molar-refractivity contribution in [2.75, 3.05) is 25.6 Å². The molecule has 0 spiro atoms. The van der Waals surface area contributed by atoms with Gasteiger partial charge in [-0.15, -0.1) is 0 Å². The van der Waals surface area contributed by atoms with Crippen LogP contribution in [0.5, 0.6) is 5.75 Å². The van der Waals surface area contributed by atoms with Gasteiger partial charge < -0.3 is 14.7 Å². The maximum absolute atomic E-state index is 13.2. The molecule has 5 nitrogen and oxygen atoms in total. The molecule has 1 aliphatic rings. The molecule has 3 rings (SSSR count). The smallest absolute Gasteiger partial charge is 0.341 e. The minimum absolute atomic E-state index is 0.0530. The van der Waals surface area contributed by atoms with E-state index in [1.54, 1.807) is 6.07 Å². The lowest BCUT2D eigenvalue weighted by Crippen LogP contribution is -2.29. The maximum Gasteiger partial charge on any atom is 0.341 e. The molecular formula is C20H19Cl2NO4. The molecule has 0 amide bonds. The van der Waals surface area contributed by atoms with E-state index in [-0.39, 0.29) is 21.6 Å². The fraction of sp³-hybridized carbons (Fsp3) is 0.300. The van der Waals surface area contributed by atoms with Gasteiger partial charge in [-0.05, 0) is 42.7 Å². The molecule has 0 aliphatic heterocycles. The van der Waals surface area contributed by atoms with Gasteiger partial charge >= 0.3 is 5.97 Å². The van der Waals surface area contributed by atoms with Crippen molar-refractivity contribution in [1.29, 1.82) is 0 Å². The lowest BCUT2D eigenvalue weighted by atomic mass is 9.79. The van der Waals surface area contributed by atoms with Gasteiger partial charge in [-0.1, -0.05) is 35.3 Å². The Morgan fingerprint density at radius 1 is 1.22 bits per heavy atom. The highest BCUT2D eigenvalue weighted by atomic mass is 35.5. The Bertz CT molecular complexity index is 925. The van der Waals surface area contributed by atoms with Crippen molar-refractivity contribution in [3.8, 4) is 5.75 Å². The number of fused-ring (bicyclic) bond motifs is 1. The number of ketones is 1. The van der Waals surface area contributed by atoms with Crippen LogP contribution in [0.4, 0.5) is 5.69 Å². The molecule has 2 aromatic carbocycles. The zero-order valence-corrected chi connectivity index (χ0v) is 16.7. The van der Waals surface area contributed by atoms with Gasteiger partial charge in [-0.2, -0.15) is 0 Å². The quantitative estimate of drug-likeness (QED) is 0.803. The first kappa shape index (κ1) is 19.5. The molecule has 1 aliphatic carbocycles. The van der Waals surface area contributed by atoms with Crippen molar-refractivity contribution in [2.45, 2.75) is 18.8 Å². The van der Waals surface area contributed by atoms with Crippen LogP contribution in [0, 0.1) is 0 Å². The molecule has 0 radical (unpaired) electrons. The molecule has 7 heteroatoms. The van der Waals surface area contributed by atoms with Crippen LogP contribution in [-0.2, 0) is 16.6 Å². The summed E-state index contributed by atoms with van der Waals surface area (Å²) in [5, 5.41) is 8.96. The van der Waals surface area contributed by atoms with Crippen LogP contribution < -0.4 is 9.64 Å². The molecule has 0 saturated heterocycles. The first-order valence-corrected chi connectivity index (χ1v) is 9.09. The SMILES string of the molecule is CN(C)c1ccc([C@@]2(C)Cc3cc(OCC(=O)O)c(Cl)c(Cl)c3C2=O)cc1. The number of carbonyl (C=O) groups excluding carboxylic acids is 1. The van der Waals surface area contributed by atoms with E-state index in [0.717, 1.165) is 11.3 Å². The Labute approximate surface area is 167 Å². The summed E-state index contributed by atoms with van der Waals surface area (Å²) < 4.78 is 5.22. The normalized spacial score (nSPS) is 18.3. The van der Waals surface area contributed by atoms with Crippen LogP contribution >= 0.6 is 23.2 Å². The maximum atomic E-state index is 13.2. The average molecular weight is 408 g/mol. The highest BCUT2D eigenvalue weighted by molar-refractivity contribution is 6.45. The predicted molar refractivity (Wildman–Crippen MR) is 106 cm³/mol. The molecule has 2 aromatic rings. The van der Waals surface area contributed by atoms with Gasteiger partial charge in [-0.25, -0.2) is 4.79 Å². The Balaban J connectivity index is 2.00. The molecular weight excluding hydrogens is 389 g/mol. The van der Waals surface area contributed by atoms with Crippen LogP contribution in [-0.4, -0.2) is 37.6 Å². The van der Waals surface area contributed by atoms with E-state index in [1.165, 1.54) is 0 Å². The number of carboxylic acids is 1. The van der Waals surface area contributed by atoms with Crippen molar-refractivity contribution in [1.82, 2.24) is 0 Å². The van der Waals surface area contributed by atoms with E-state index in [0.29, 0.717) is 17.5 Å². The fourth-order valence-corrected chi connectivity index (χ4v) is 3.88. The molecule has 0 fully saturated rings. The number of rotatable bonds is 5. The third-order valence-electron chi connectivity index (χ3n) is 4.90. The fourth-order valence-electron chi connectivity index (χ4n) is 3.38. The van der Waals surface area contributed by atoms with E-state index in [1.807, 2.05) is 50.2 Å². The molecule has 0 saturated carbocycles. The number of carbonyl (C=O) groups is 2. The summed E-state index contributed by atoms with van der Waals surface area (Å²) in [6.07, 6.45) is 0.433. The summed E-state index contributed by atoms with van der Waals surface area (Å²) in [6.45, 7) is 1.34. The van der Waals surface area contributed by atoms with Gasteiger partial charge in [0.2, 0.25) is 0 Å². The van der Waals surface area contributed by atoms with Gasteiger partial charge in [0.25, 0.3) is 0 Å². The zero-order chi connectivity index (χ0) is 19.9. The van der Waals surface area contributed by atoms with E-state index in [9.17, 15) is 9.59 Å². The van der Waals surface area contributed by atoms with Crippen LogP contribution in [0.15, 0.2) is 30.3 Å². The Kier molecular flexibility index (Phi) is 5.10. The van der Waals surface area contributed by atoms with E-state index in [2.05, 4.69) is 0 Å². The van der Waals surface area contributed by atoms with Crippen LogP contribution in [0.2, 0.25) is 10.0 Å². The molecule has 0 aromatic heterocycles. The number of nitrogens with zero attached hydrogens (tertiary/aromatic N) is 1. The van der Waals surface area contributed by atoms with Crippen LogP contribution in [0.1, 0.15) is 28.4 Å². The third kappa shape index (κ3) is 3.37. The molecule has 1 atom stereocenters. The number of anilines is 1. The number of Topliss-reactive ketones (excluding diaryl/α,β-unsaturated/α-hetero) is 1. The number of hydrogen-bond donors (Lipinski definition) is 1. The van der Waals surface area contributed by atoms with E-state index in [4.69, 9.17) is 33.0 Å². The van der Waals surface area contributed by atoms with Crippen LogP contribution in [0.3, 0.4) is 0 Å². The number of carboxylic acid groups (broad SMARTS) is 1. The minimum Gasteiger partial charge on any atom is -0.480 e. The summed E-state index contributed by atoms with van der Waals surface area (Å²) in [5.41, 5.74) is 2.23. The third-order valence-corrected chi connectivity index (χ3v) is 5.75. The Morgan fingerprint density at radius 2 is 1.85 bits per heavy atom. The molecule has 0 bridgehead atoms. The number of aliphatic carboxylic acids is 1. The Morgan fingerprint density at radius 3 is 2.41 bits per heavy atom. The highest BCUT2D eigenvalue weighted by Crippen LogP contribution is 2.47. The van der Waals surface area contributed by atoms with Crippen LogP contribution in [0.25, 0.3) is 0 Å². The van der Waals surface area contributed by atoms with Crippen molar-refractivity contribution < 1.29 is 19.4 Å². The second-order valence-corrected chi connectivity index (χ2v) is 7.75. The van der Waals surface area contributed by atoms with Crippen molar-refractivity contribution in [2.24, 2.45) is 0 Å². The second kappa shape index (κ2) is 7.06. The highest BCUT2D eigenvalue weighted by Gasteiger charge is 2.45. The number of halogens is 2. The summed E-state index contributed by atoms with van der Waals surface area (Å²) in [5.74, 6) is -1.06. The lowest BCUT2D eigenvalue weighted by Gasteiger charge is -2.23. The minimum atomic E-state index is -1.12. The van der Waals surface area contributed by atoms with Gasteiger partial charge in [0, 0.05) is 25.3 Å². The lowest BCUT2D eigenvalue weighted by molar-refractivity contribution is -0.139. The largest absolute Gasteiger partial charge is 0.480 e. The topological polar surface area (TPSA) is 66.8 Å². The summed E-state index contributed by atoms with van der Waals surface area (Å²) >= 11 is 12.6. The predicted octanol–water partition coefficient (Wildman–Crippen LogP) is 4.22. The van der Waals surface area contributed by atoms with Crippen molar-refractivity contribution in [3.63, 3.8) is 0 Å². The zero-order valence-electron chi connectivity index (χ0n) is 15.2. The number of ether oxygens (including phenoxy) is 1. The molecule has 142 valence electrons.